The smallest absolute Gasteiger partial charge is 0.317 e. The van der Waals surface area contributed by atoms with Crippen LogP contribution in [0.4, 0.5) is 11.4 Å². The van der Waals surface area contributed by atoms with E-state index in [4.69, 9.17) is 0 Å². The van der Waals surface area contributed by atoms with Crippen LogP contribution >= 0.6 is 11.8 Å². The number of rotatable bonds is 6. The summed E-state index contributed by atoms with van der Waals surface area (Å²) in [7, 11) is 2.00. The van der Waals surface area contributed by atoms with Crippen molar-refractivity contribution in [2.75, 3.05) is 42.1 Å². The van der Waals surface area contributed by atoms with Crippen molar-refractivity contribution in [1.82, 2.24) is 9.88 Å². The summed E-state index contributed by atoms with van der Waals surface area (Å²) in [6.07, 6.45) is 0. The second-order valence-electron chi connectivity index (χ2n) is 8.36. The molecule has 0 unspecified atom stereocenters. The first-order valence-corrected chi connectivity index (χ1v) is 11.9. The first kappa shape index (κ1) is 22.2. The number of piperazine rings is 1. The number of amides is 2. The number of aryl methyl sites for hydroxylation is 1. The van der Waals surface area contributed by atoms with E-state index in [2.05, 4.69) is 25.8 Å². The first-order chi connectivity index (χ1) is 15.4. The van der Waals surface area contributed by atoms with E-state index in [0.717, 1.165) is 53.7 Å². The number of H-pyrrole nitrogens is 1. The average Bonchev–Trinajstić information content (AvgIpc) is 3.13. The SMILES string of the molecule is CC(C)C(=O)N1CCN(c2ccc(NC(=O)CSc3[nH]c4ccccc4[n+]3C)cc2)CC1. The van der Waals surface area contributed by atoms with Crippen molar-refractivity contribution in [1.29, 1.82) is 0 Å². The minimum Gasteiger partial charge on any atom is -0.368 e. The van der Waals surface area contributed by atoms with Crippen LogP contribution in [-0.2, 0) is 16.6 Å². The lowest BCUT2D eigenvalue weighted by Gasteiger charge is -2.37. The maximum atomic E-state index is 12.5. The maximum absolute atomic E-state index is 12.5. The van der Waals surface area contributed by atoms with Gasteiger partial charge in [-0.1, -0.05) is 26.0 Å². The van der Waals surface area contributed by atoms with Gasteiger partial charge in [0.1, 0.15) is 0 Å². The average molecular weight is 453 g/mol. The van der Waals surface area contributed by atoms with Gasteiger partial charge in [0.05, 0.1) is 12.8 Å². The number of aromatic amines is 1. The number of nitrogens with zero attached hydrogens (tertiary/aromatic N) is 3. The van der Waals surface area contributed by atoms with E-state index < -0.39 is 0 Å². The van der Waals surface area contributed by atoms with Gasteiger partial charge in [-0.2, -0.15) is 0 Å². The number of imidazole rings is 1. The van der Waals surface area contributed by atoms with Gasteiger partial charge < -0.3 is 15.1 Å². The van der Waals surface area contributed by atoms with Crippen LogP contribution in [0.5, 0.6) is 0 Å². The molecule has 0 atom stereocenters. The van der Waals surface area contributed by atoms with Crippen LogP contribution in [0.15, 0.2) is 53.7 Å². The van der Waals surface area contributed by atoms with Gasteiger partial charge in [-0.25, -0.2) is 9.55 Å². The van der Waals surface area contributed by atoms with Crippen molar-refractivity contribution in [2.45, 2.75) is 19.0 Å². The van der Waals surface area contributed by atoms with Gasteiger partial charge in [-0.15, -0.1) is 0 Å². The topological polar surface area (TPSA) is 72.3 Å². The zero-order valence-corrected chi connectivity index (χ0v) is 19.6. The minimum absolute atomic E-state index is 0.0396. The molecule has 1 aromatic heterocycles. The Kier molecular flexibility index (Phi) is 6.69. The van der Waals surface area contributed by atoms with Gasteiger partial charge >= 0.3 is 5.16 Å². The lowest BCUT2D eigenvalue weighted by molar-refractivity contribution is -0.683. The molecule has 3 aromatic rings. The molecule has 8 heteroatoms. The molecule has 2 heterocycles. The second kappa shape index (κ2) is 9.65. The number of thioether (sulfide) groups is 1. The molecule has 4 rings (SSSR count). The van der Waals surface area contributed by atoms with E-state index in [0.29, 0.717) is 5.75 Å². The zero-order valence-electron chi connectivity index (χ0n) is 18.8. The van der Waals surface area contributed by atoms with Crippen LogP contribution < -0.4 is 14.8 Å². The fourth-order valence-corrected chi connectivity index (χ4v) is 4.76. The molecule has 2 aromatic carbocycles. The van der Waals surface area contributed by atoms with Gasteiger partial charge in [0.25, 0.3) is 0 Å². The van der Waals surface area contributed by atoms with E-state index in [1.807, 2.05) is 68.3 Å². The molecule has 0 aliphatic carbocycles. The van der Waals surface area contributed by atoms with Crippen LogP contribution in [0.3, 0.4) is 0 Å². The fraction of sp³-hybridized carbons (Fsp3) is 0.375. The van der Waals surface area contributed by atoms with Crippen molar-refractivity contribution in [2.24, 2.45) is 13.0 Å². The minimum atomic E-state index is -0.0396. The molecule has 0 spiro atoms. The monoisotopic (exact) mass is 452 g/mol. The Bertz CT molecular complexity index is 1100. The number of benzene rings is 2. The van der Waals surface area contributed by atoms with E-state index in [-0.39, 0.29) is 17.7 Å². The highest BCUT2D eigenvalue weighted by Gasteiger charge is 2.23. The number of hydrogen-bond acceptors (Lipinski definition) is 4. The third-order valence-corrected chi connectivity index (χ3v) is 6.81. The Balaban J connectivity index is 1.28. The molecule has 2 amide bonds. The summed E-state index contributed by atoms with van der Waals surface area (Å²) in [5, 5.41) is 3.93. The summed E-state index contributed by atoms with van der Waals surface area (Å²) in [4.78, 5) is 32.2. The van der Waals surface area contributed by atoms with Crippen molar-refractivity contribution in [3.8, 4) is 0 Å². The summed E-state index contributed by atoms with van der Waals surface area (Å²) >= 11 is 1.49. The summed E-state index contributed by atoms with van der Waals surface area (Å²) in [6.45, 7) is 7.03. The number of hydrogen-bond donors (Lipinski definition) is 2. The number of fused-ring (bicyclic) bond motifs is 1. The molecule has 0 saturated carbocycles. The molecular weight excluding hydrogens is 422 g/mol. The van der Waals surface area contributed by atoms with E-state index >= 15 is 0 Å². The first-order valence-electron chi connectivity index (χ1n) is 11.0. The summed E-state index contributed by atoms with van der Waals surface area (Å²) in [5.41, 5.74) is 4.07. The quantitative estimate of drug-likeness (QED) is 0.446. The predicted molar refractivity (Wildman–Crippen MR) is 129 cm³/mol. The lowest BCUT2D eigenvalue weighted by Crippen LogP contribution is -2.49. The van der Waals surface area contributed by atoms with Crippen LogP contribution in [0, 0.1) is 5.92 Å². The van der Waals surface area contributed by atoms with Crippen LogP contribution in [0.1, 0.15) is 13.8 Å². The molecule has 32 heavy (non-hydrogen) atoms. The Morgan fingerprint density at radius 2 is 1.75 bits per heavy atom. The Hall–Kier alpha value is -3.00. The fourth-order valence-electron chi connectivity index (χ4n) is 3.95. The van der Waals surface area contributed by atoms with Gasteiger partial charge in [-0.05, 0) is 48.2 Å². The molecule has 168 valence electrons. The van der Waals surface area contributed by atoms with Crippen molar-refractivity contribution < 1.29 is 14.2 Å². The molecule has 0 bridgehead atoms. The Morgan fingerprint density at radius 3 is 2.41 bits per heavy atom. The highest BCUT2D eigenvalue weighted by atomic mass is 32.2. The van der Waals surface area contributed by atoms with Crippen molar-refractivity contribution >= 4 is 46.0 Å². The highest BCUT2D eigenvalue weighted by molar-refractivity contribution is 7.99. The van der Waals surface area contributed by atoms with Gasteiger partial charge in [0, 0.05) is 43.5 Å². The molecule has 1 saturated heterocycles. The van der Waals surface area contributed by atoms with Crippen LogP contribution in [-0.4, -0.2) is 53.6 Å². The van der Waals surface area contributed by atoms with E-state index in [1.54, 1.807) is 0 Å². The number of para-hydroxylation sites is 2. The number of anilines is 2. The molecule has 2 N–H and O–H groups in total. The third kappa shape index (κ3) is 4.91. The predicted octanol–water partition coefficient (Wildman–Crippen LogP) is 3.03. The highest BCUT2D eigenvalue weighted by Crippen LogP contribution is 2.21. The summed E-state index contributed by atoms with van der Waals surface area (Å²) in [5.74, 6) is 0.555. The largest absolute Gasteiger partial charge is 0.368 e. The molecule has 1 fully saturated rings. The van der Waals surface area contributed by atoms with Crippen molar-refractivity contribution in [3.63, 3.8) is 0 Å². The van der Waals surface area contributed by atoms with Crippen molar-refractivity contribution in [3.05, 3.63) is 48.5 Å². The number of carbonyl (C=O) groups is 2. The normalized spacial score (nSPS) is 14.2. The van der Waals surface area contributed by atoms with E-state index in [1.165, 1.54) is 11.8 Å². The molecule has 0 radical (unpaired) electrons. The molecule has 1 aliphatic heterocycles. The van der Waals surface area contributed by atoms with Gasteiger partial charge in [0.2, 0.25) is 11.8 Å². The van der Waals surface area contributed by atoms with E-state index in [9.17, 15) is 9.59 Å². The second-order valence-corrected chi connectivity index (χ2v) is 9.32. The third-order valence-electron chi connectivity index (χ3n) is 5.75. The van der Waals surface area contributed by atoms with Crippen LogP contribution in [0.2, 0.25) is 0 Å². The molecular formula is C24H30N5O2S+. The number of nitrogens with one attached hydrogen (secondary N) is 2. The Morgan fingerprint density at radius 1 is 1.06 bits per heavy atom. The molecule has 1 aliphatic rings. The maximum Gasteiger partial charge on any atom is 0.317 e. The number of aromatic nitrogens is 2. The number of carbonyl (C=O) groups excluding carboxylic acids is 2. The van der Waals surface area contributed by atoms with Gasteiger partial charge in [-0.3, -0.25) is 9.59 Å². The summed E-state index contributed by atoms with van der Waals surface area (Å²) < 4.78 is 2.07. The lowest BCUT2D eigenvalue weighted by atomic mass is 10.1. The standard InChI is InChI=1S/C24H29N5O2S/c1-17(2)23(31)29-14-12-28(13-15-29)19-10-8-18(9-11-19)25-22(30)16-32-24-26-20-6-4-5-7-21(20)27(24)3/h4-11,17H,12-16H2,1-3H3,(H,25,30)/p+1. The van der Waals surface area contributed by atoms with Crippen LogP contribution in [0.25, 0.3) is 11.0 Å². The van der Waals surface area contributed by atoms with Gasteiger partial charge in [0.15, 0.2) is 11.0 Å². The molecule has 7 nitrogen and oxygen atoms in total. The Labute approximate surface area is 192 Å². The zero-order chi connectivity index (χ0) is 22.7. The summed E-state index contributed by atoms with van der Waals surface area (Å²) in [6, 6.07) is 16.0.